The van der Waals surface area contributed by atoms with Gasteiger partial charge in [0.15, 0.2) is 0 Å². The van der Waals surface area contributed by atoms with Crippen molar-refractivity contribution in [2.75, 3.05) is 11.9 Å². The maximum atomic E-state index is 13.3. The number of nitro benzene ring substituents is 1. The van der Waals surface area contributed by atoms with Gasteiger partial charge in [-0.1, -0.05) is 0 Å². The highest BCUT2D eigenvalue weighted by molar-refractivity contribution is 5.62. The van der Waals surface area contributed by atoms with Crippen LogP contribution >= 0.6 is 0 Å². The van der Waals surface area contributed by atoms with Gasteiger partial charge in [0, 0.05) is 24.8 Å². The molecule has 0 fully saturated rings. The monoisotopic (exact) mass is 260 g/mol. The Hall–Kier alpha value is -1.76. The predicted molar refractivity (Wildman–Crippen MR) is 62.4 cm³/mol. The molecule has 7 heteroatoms. The molecule has 0 amide bonds. The molecule has 100 valence electrons. The SMILES string of the molecule is CC(CCCO)Nc1cc(F)cc(F)c1[N+](=O)[O-]. The van der Waals surface area contributed by atoms with Crippen molar-refractivity contribution in [2.24, 2.45) is 0 Å². The number of anilines is 1. The fourth-order valence-corrected chi connectivity index (χ4v) is 1.60. The van der Waals surface area contributed by atoms with Gasteiger partial charge < -0.3 is 10.4 Å². The summed E-state index contributed by atoms with van der Waals surface area (Å²) in [5.41, 5.74) is -0.963. The first-order chi connectivity index (χ1) is 8.45. The highest BCUT2D eigenvalue weighted by Crippen LogP contribution is 2.29. The molecule has 1 rings (SSSR count). The van der Waals surface area contributed by atoms with Gasteiger partial charge in [0.05, 0.1) is 4.92 Å². The van der Waals surface area contributed by atoms with Crippen molar-refractivity contribution in [1.29, 1.82) is 0 Å². The molecule has 0 aliphatic heterocycles. The highest BCUT2D eigenvalue weighted by atomic mass is 19.1. The van der Waals surface area contributed by atoms with Crippen LogP contribution < -0.4 is 5.32 Å². The van der Waals surface area contributed by atoms with Crippen molar-refractivity contribution in [3.8, 4) is 0 Å². The largest absolute Gasteiger partial charge is 0.396 e. The van der Waals surface area contributed by atoms with Crippen LogP contribution in [0.2, 0.25) is 0 Å². The molecule has 0 heterocycles. The second-order valence-corrected chi connectivity index (χ2v) is 3.95. The van der Waals surface area contributed by atoms with Crippen LogP contribution in [0.5, 0.6) is 0 Å². The van der Waals surface area contributed by atoms with Gasteiger partial charge >= 0.3 is 5.69 Å². The number of rotatable bonds is 6. The van der Waals surface area contributed by atoms with Crippen LogP contribution in [0.25, 0.3) is 0 Å². The van der Waals surface area contributed by atoms with Crippen LogP contribution in [0.1, 0.15) is 19.8 Å². The first kappa shape index (κ1) is 14.3. The molecule has 0 spiro atoms. The summed E-state index contributed by atoms with van der Waals surface area (Å²) in [7, 11) is 0. The van der Waals surface area contributed by atoms with Crippen molar-refractivity contribution < 1.29 is 18.8 Å². The van der Waals surface area contributed by atoms with E-state index < -0.39 is 22.2 Å². The summed E-state index contributed by atoms with van der Waals surface area (Å²) in [6, 6.07) is 1.12. The summed E-state index contributed by atoms with van der Waals surface area (Å²) in [6.45, 7) is 1.70. The topological polar surface area (TPSA) is 75.4 Å². The Morgan fingerprint density at radius 1 is 1.50 bits per heavy atom. The third kappa shape index (κ3) is 3.63. The lowest BCUT2D eigenvalue weighted by atomic mass is 10.1. The third-order valence-corrected chi connectivity index (χ3v) is 2.41. The van der Waals surface area contributed by atoms with E-state index in [1.807, 2.05) is 0 Å². The molecular formula is C11H14F2N2O3. The molecule has 0 radical (unpaired) electrons. The van der Waals surface area contributed by atoms with E-state index in [4.69, 9.17) is 5.11 Å². The molecule has 0 aromatic heterocycles. The lowest BCUT2D eigenvalue weighted by Gasteiger charge is -2.14. The summed E-state index contributed by atoms with van der Waals surface area (Å²) in [5, 5.41) is 22.0. The smallest absolute Gasteiger partial charge is 0.327 e. The lowest BCUT2D eigenvalue weighted by molar-refractivity contribution is -0.386. The standard InChI is InChI=1S/C11H14F2N2O3/c1-7(3-2-4-16)14-10-6-8(12)5-9(13)11(10)15(17)18/h5-7,14,16H,2-4H2,1H3. The number of aliphatic hydroxyl groups is 1. The second-order valence-electron chi connectivity index (χ2n) is 3.95. The lowest BCUT2D eigenvalue weighted by Crippen LogP contribution is -2.17. The van der Waals surface area contributed by atoms with Gasteiger partial charge in [0.2, 0.25) is 5.82 Å². The molecule has 18 heavy (non-hydrogen) atoms. The Kier molecular flexibility index (Phi) is 4.96. The number of benzene rings is 1. The molecule has 2 N–H and O–H groups in total. The molecule has 0 aliphatic rings. The van der Waals surface area contributed by atoms with E-state index in [1.54, 1.807) is 6.92 Å². The highest BCUT2D eigenvalue weighted by Gasteiger charge is 2.22. The van der Waals surface area contributed by atoms with Gasteiger partial charge in [-0.2, -0.15) is 4.39 Å². The van der Waals surface area contributed by atoms with Crippen LogP contribution in [0.3, 0.4) is 0 Å². The number of hydrogen-bond donors (Lipinski definition) is 2. The first-order valence-electron chi connectivity index (χ1n) is 5.46. The van der Waals surface area contributed by atoms with Gasteiger partial charge in [-0.05, 0) is 19.8 Å². The Balaban J connectivity index is 2.96. The van der Waals surface area contributed by atoms with E-state index in [0.29, 0.717) is 18.9 Å². The van der Waals surface area contributed by atoms with Crippen LogP contribution in [-0.4, -0.2) is 22.7 Å². The maximum absolute atomic E-state index is 13.3. The minimum atomic E-state index is -1.21. The Morgan fingerprint density at radius 3 is 2.72 bits per heavy atom. The van der Waals surface area contributed by atoms with Crippen LogP contribution in [0.15, 0.2) is 12.1 Å². The van der Waals surface area contributed by atoms with Gasteiger partial charge in [0.1, 0.15) is 11.5 Å². The molecule has 1 aromatic rings. The van der Waals surface area contributed by atoms with Gasteiger partial charge in [-0.15, -0.1) is 0 Å². The van der Waals surface area contributed by atoms with Crippen molar-refractivity contribution in [1.82, 2.24) is 0 Å². The maximum Gasteiger partial charge on any atom is 0.327 e. The zero-order valence-corrected chi connectivity index (χ0v) is 9.82. The van der Waals surface area contributed by atoms with E-state index in [2.05, 4.69) is 5.32 Å². The van der Waals surface area contributed by atoms with Crippen LogP contribution in [0.4, 0.5) is 20.2 Å². The molecule has 1 aromatic carbocycles. The zero-order valence-electron chi connectivity index (χ0n) is 9.82. The third-order valence-electron chi connectivity index (χ3n) is 2.41. The van der Waals surface area contributed by atoms with Gasteiger partial charge in [0.25, 0.3) is 0 Å². The van der Waals surface area contributed by atoms with Gasteiger partial charge in [-0.25, -0.2) is 4.39 Å². The first-order valence-corrected chi connectivity index (χ1v) is 5.46. The minimum Gasteiger partial charge on any atom is -0.396 e. The van der Waals surface area contributed by atoms with E-state index in [9.17, 15) is 18.9 Å². The fourth-order valence-electron chi connectivity index (χ4n) is 1.60. The van der Waals surface area contributed by atoms with Crippen molar-refractivity contribution in [3.63, 3.8) is 0 Å². The van der Waals surface area contributed by atoms with Crippen LogP contribution in [-0.2, 0) is 0 Å². The summed E-state index contributed by atoms with van der Waals surface area (Å²) < 4.78 is 26.3. The quantitative estimate of drug-likeness (QED) is 0.608. The summed E-state index contributed by atoms with van der Waals surface area (Å²) >= 11 is 0. The average Bonchev–Trinajstić information content (AvgIpc) is 2.24. The number of nitrogens with zero attached hydrogens (tertiary/aromatic N) is 1. The normalized spacial score (nSPS) is 12.2. The van der Waals surface area contributed by atoms with Crippen molar-refractivity contribution >= 4 is 11.4 Å². The minimum absolute atomic E-state index is 0.00831. The molecule has 0 aliphatic carbocycles. The van der Waals surface area contributed by atoms with Gasteiger partial charge in [-0.3, -0.25) is 10.1 Å². The van der Waals surface area contributed by atoms with Crippen molar-refractivity contribution in [2.45, 2.75) is 25.8 Å². The Bertz CT molecular complexity index is 441. The van der Waals surface area contributed by atoms with E-state index >= 15 is 0 Å². The molecule has 1 atom stereocenters. The Morgan fingerprint density at radius 2 is 2.17 bits per heavy atom. The summed E-state index contributed by atoms with van der Waals surface area (Å²) in [4.78, 5) is 9.82. The van der Waals surface area contributed by atoms with E-state index in [-0.39, 0.29) is 18.3 Å². The van der Waals surface area contributed by atoms with E-state index in [1.165, 1.54) is 0 Å². The summed E-state index contributed by atoms with van der Waals surface area (Å²) in [6.07, 6.45) is 1.03. The molecule has 1 unspecified atom stereocenters. The average molecular weight is 260 g/mol. The van der Waals surface area contributed by atoms with E-state index in [0.717, 1.165) is 6.07 Å². The fraction of sp³-hybridized carbons (Fsp3) is 0.455. The molecule has 0 bridgehead atoms. The van der Waals surface area contributed by atoms with Crippen molar-refractivity contribution in [3.05, 3.63) is 33.9 Å². The number of hydrogen-bond acceptors (Lipinski definition) is 4. The number of halogens is 2. The Labute approximate surface area is 103 Å². The number of nitrogens with one attached hydrogen (secondary N) is 1. The second kappa shape index (κ2) is 6.25. The molecule has 0 saturated heterocycles. The van der Waals surface area contributed by atoms with Crippen LogP contribution in [0, 0.1) is 21.7 Å². The summed E-state index contributed by atoms with van der Waals surface area (Å²) in [5.74, 6) is -2.09. The predicted octanol–water partition coefficient (Wildman–Crippen LogP) is 2.45. The number of aliphatic hydroxyl groups excluding tert-OH is 1. The zero-order chi connectivity index (χ0) is 13.7. The molecule has 0 saturated carbocycles. The number of nitro groups is 1. The molecular weight excluding hydrogens is 246 g/mol. The molecule has 5 nitrogen and oxygen atoms in total.